The van der Waals surface area contributed by atoms with E-state index in [1.807, 2.05) is 18.2 Å². The van der Waals surface area contributed by atoms with Crippen LogP contribution in [0.4, 0.5) is 5.13 Å². The first-order valence-corrected chi connectivity index (χ1v) is 10.2. The Balaban J connectivity index is 1.35. The van der Waals surface area contributed by atoms with Crippen LogP contribution in [0.15, 0.2) is 24.3 Å². The smallest absolute Gasteiger partial charge is 0.226 e. The van der Waals surface area contributed by atoms with Gasteiger partial charge in [0.25, 0.3) is 0 Å². The zero-order valence-corrected chi connectivity index (χ0v) is 15.8. The number of hydrogen-bond acceptors (Lipinski definition) is 6. The number of likely N-dealkylation sites (N-methyl/N-ethyl adjacent to an activating group) is 1. The molecular weight excluding hydrogens is 352 g/mol. The number of fused-ring (bicyclic) bond motifs is 2. The molecule has 0 fully saturated rings. The first kappa shape index (κ1) is 16.6. The van der Waals surface area contributed by atoms with Crippen molar-refractivity contribution in [2.75, 3.05) is 18.4 Å². The molecule has 2 aromatic heterocycles. The van der Waals surface area contributed by atoms with Crippen LogP contribution in [0.2, 0.25) is 0 Å². The lowest BCUT2D eigenvalue weighted by Crippen LogP contribution is -2.29. The van der Waals surface area contributed by atoms with Gasteiger partial charge in [0.15, 0.2) is 5.13 Å². The number of amides is 1. The van der Waals surface area contributed by atoms with Crippen molar-refractivity contribution < 1.29 is 4.79 Å². The number of rotatable bonds is 5. The first-order valence-electron chi connectivity index (χ1n) is 8.56. The molecule has 0 unspecified atom stereocenters. The Morgan fingerprint density at radius 2 is 2.16 bits per heavy atom. The maximum absolute atomic E-state index is 12.3. The molecule has 130 valence electrons. The van der Waals surface area contributed by atoms with Gasteiger partial charge in [0.2, 0.25) is 5.91 Å². The third-order valence-corrected chi connectivity index (χ3v) is 6.50. The van der Waals surface area contributed by atoms with Crippen molar-refractivity contribution >= 4 is 43.9 Å². The van der Waals surface area contributed by atoms with E-state index < -0.39 is 0 Å². The fraction of sp³-hybridized carbons (Fsp3) is 0.389. The van der Waals surface area contributed by atoms with Crippen molar-refractivity contribution in [2.45, 2.75) is 32.7 Å². The zero-order valence-electron chi connectivity index (χ0n) is 14.1. The molecule has 0 saturated heterocycles. The molecule has 0 aliphatic carbocycles. The topological polar surface area (TPSA) is 58.1 Å². The molecule has 0 atom stereocenters. The lowest BCUT2D eigenvalue weighted by atomic mass is 10.2. The van der Waals surface area contributed by atoms with Gasteiger partial charge in [0, 0.05) is 37.2 Å². The summed E-state index contributed by atoms with van der Waals surface area (Å²) in [5, 5.41) is 4.70. The molecule has 25 heavy (non-hydrogen) atoms. The summed E-state index contributed by atoms with van der Waals surface area (Å²) in [6.45, 7) is 5.24. The minimum atomic E-state index is 0.0118. The SMILES string of the molecule is CCN1CCc2nc(NC(=O)CCc3nc4ccccc4s3)sc2C1. The van der Waals surface area contributed by atoms with Gasteiger partial charge in [0.05, 0.1) is 20.9 Å². The lowest BCUT2D eigenvalue weighted by molar-refractivity contribution is -0.116. The summed E-state index contributed by atoms with van der Waals surface area (Å²) in [6.07, 6.45) is 2.08. The standard InChI is InChI=1S/C18H20N4OS2/c1-2-22-10-9-13-15(11-22)25-18(20-13)21-16(23)7-8-17-19-12-5-3-4-6-14(12)24-17/h3-6H,2,7-11H2,1H3,(H,20,21,23). The van der Waals surface area contributed by atoms with Crippen LogP contribution < -0.4 is 5.32 Å². The van der Waals surface area contributed by atoms with Crippen LogP contribution in [0.5, 0.6) is 0 Å². The minimum absolute atomic E-state index is 0.0118. The van der Waals surface area contributed by atoms with Gasteiger partial charge in [-0.05, 0) is 18.7 Å². The Kier molecular flexibility index (Phi) is 4.78. The van der Waals surface area contributed by atoms with Crippen LogP contribution in [-0.4, -0.2) is 33.9 Å². The van der Waals surface area contributed by atoms with Gasteiger partial charge < -0.3 is 5.32 Å². The number of aryl methyl sites for hydroxylation is 1. The summed E-state index contributed by atoms with van der Waals surface area (Å²) >= 11 is 3.27. The zero-order chi connectivity index (χ0) is 17.2. The highest BCUT2D eigenvalue weighted by molar-refractivity contribution is 7.18. The normalized spacial score (nSPS) is 14.6. The maximum atomic E-state index is 12.3. The average Bonchev–Trinajstić information content (AvgIpc) is 3.21. The summed E-state index contributed by atoms with van der Waals surface area (Å²) in [7, 11) is 0. The summed E-state index contributed by atoms with van der Waals surface area (Å²) in [5.74, 6) is 0.0118. The Morgan fingerprint density at radius 1 is 1.28 bits per heavy atom. The quantitative estimate of drug-likeness (QED) is 0.742. The number of benzene rings is 1. The predicted molar refractivity (Wildman–Crippen MR) is 103 cm³/mol. The van der Waals surface area contributed by atoms with Gasteiger partial charge in [-0.2, -0.15) is 0 Å². The van der Waals surface area contributed by atoms with Crippen LogP contribution >= 0.6 is 22.7 Å². The van der Waals surface area contributed by atoms with Crippen LogP contribution in [0.3, 0.4) is 0 Å². The highest BCUT2D eigenvalue weighted by atomic mass is 32.1. The Labute approximate surface area is 154 Å². The van der Waals surface area contributed by atoms with Crippen LogP contribution in [-0.2, 0) is 24.2 Å². The van der Waals surface area contributed by atoms with Crippen LogP contribution in [0.1, 0.15) is 28.9 Å². The first-order chi connectivity index (χ1) is 12.2. The molecule has 4 rings (SSSR count). The van der Waals surface area contributed by atoms with Gasteiger partial charge in [0.1, 0.15) is 0 Å². The van der Waals surface area contributed by atoms with Crippen molar-refractivity contribution in [1.82, 2.24) is 14.9 Å². The molecule has 1 amide bonds. The van der Waals surface area contributed by atoms with Crippen molar-refractivity contribution in [2.24, 2.45) is 0 Å². The Hall–Kier alpha value is -1.83. The molecule has 7 heteroatoms. The van der Waals surface area contributed by atoms with Gasteiger partial charge in [-0.15, -0.1) is 22.7 Å². The highest BCUT2D eigenvalue weighted by Crippen LogP contribution is 2.28. The molecule has 1 aliphatic rings. The molecule has 0 radical (unpaired) electrons. The second-order valence-corrected chi connectivity index (χ2v) is 8.33. The van der Waals surface area contributed by atoms with Gasteiger partial charge in [-0.25, -0.2) is 9.97 Å². The molecule has 3 aromatic rings. The second-order valence-electron chi connectivity index (χ2n) is 6.13. The van der Waals surface area contributed by atoms with E-state index in [-0.39, 0.29) is 5.91 Å². The Bertz CT molecular complexity index is 869. The summed E-state index contributed by atoms with van der Waals surface area (Å²) < 4.78 is 1.17. The number of carbonyl (C=O) groups excluding carboxylic acids is 1. The highest BCUT2D eigenvalue weighted by Gasteiger charge is 2.20. The van der Waals surface area contributed by atoms with E-state index in [2.05, 4.69) is 33.2 Å². The number of nitrogens with one attached hydrogen (secondary N) is 1. The van der Waals surface area contributed by atoms with E-state index in [1.54, 1.807) is 22.7 Å². The average molecular weight is 373 g/mol. The summed E-state index contributed by atoms with van der Waals surface area (Å²) in [4.78, 5) is 25.1. The lowest BCUT2D eigenvalue weighted by Gasteiger charge is -2.23. The van der Waals surface area contributed by atoms with E-state index in [4.69, 9.17) is 0 Å². The van der Waals surface area contributed by atoms with Crippen molar-refractivity contribution in [1.29, 1.82) is 0 Å². The monoisotopic (exact) mass is 372 g/mol. The molecule has 0 saturated carbocycles. The van der Waals surface area contributed by atoms with Gasteiger partial charge >= 0.3 is 0 Å². The summed E-state index contributed by atoms with van der Waals surface area (Å²) in [5.41, 5.74) is 2.16. The third-order valence-electron chi connectivity index (χ3n) is 4.41. The van der Waals surface area contributed by atoms with Crippen molar-refractivity contribution in [3.05, 3.63) is 39.8 Å². The summed E-state index contributed by atoms with van der Waals surface area (Å²) in [6, 6.07) is 8.08. The number of para-hydroxylation sites is 1. The fourth-order valence-electron chi connectivity index (χ4n) is 3.00. The number of nitrogens with zero attached hydrogens (tertiary/aromatic N) is 3. The third kappa shape index (κ3) is 3.73. The largest absolute Gasteiger partial charge is 0.302 e. The number of thiazole rings is 2. The molecule has 0 bridgehead atoms. The van der Waals surface area contributed by atoms with Gasteiger partial charge in [-0.1, -0.05) is 19.1 Å². The second kappa shape index (κ2) is 7.19. The molecular formula is C18H20N4OS2. The fourth-order valence-corrected chi connectivity index (χ4v) is 5.03. The number of anilines is 1. The van der Waals surface area contributed by atoms with Crippen molar-refractivity contribution in [3.63, 3.8) is 0 Å². The molecule has 1 aliphatic heterocycles. The molecule has 1 aromatic carbocycles. The van der Waals surface area contributed by atoms with E-state index in [9.17, 15) is 4.79 Å². The van der Waals surface area contributed by atoms with Crippen molar-refractivity contribution in [3.8, 4) is 0 Å². The van der Waals surface area contributed by atoms with Crippen LogP contribution in [0.25, 0.3) is 10.2 Å². The van der Waals surface area contributed by atoms with E-state index in [0.29, 0.717) is 12.8 Å². The Morgan fingerprint density at radius 3 is 3.00 bits per heavy atom. The van der Waals surface area contributed by atoms with E-state index in [0.717, 1.165) is 47.4 Å². The molecule has 3 heterocycles. The number of aromatic nitrogens is 2. The maximum Gasteiger partial charge on any atom is 0.226 e. The number of hydrogen-bond donors (Lipinski definition) is 1. The molecule has 1 N–H and O–H groups in total. The van der Waals surface area contributed by atoms with Crippen LogP contribution in [0, 0.1) is 0 Å². The minimum Gasteiger partial charge on any atom is -0.302 e. The molecule has 0 spiro atoms. The van der Waals surface area contributed by atoms with Gasteiger partial charge in [-0.3, -0.25) is 9.69 Å². The molecule has 5 nitrogen and oxygen atoms in total. The number of carbonyl (C=O) groups is 1. The predicted octanol–water partition coefficient (Wildman–Crippen LogP) is 3.70. The van der Waals surface area contributed by atoms with E-state index in [1.165, 1.54) is 9.58 Å². The van der Waals surface area contributed by atoms with E-state index >= 15 is 0 Å².